The van der Waals surface area contributed by atoms with E-state index in [1.807, 2.05) is 43.5 Å². The fourth-order valence-corrected chi connectivity index (χ4v) is 3.76. The van der Waals surface area contributed by atoms with E-state index in [0.29, 0.717) is 32.0 Å². The number of carbonyl (C=O) groups excluding carboxylic acids is 2. The predicted octanol–water partition coefficient (Wildman–Crippen LogP) is 2.54. The number of carbonyl (C=O) groups is 2. The summed E-state index contributed by atoms with van der Waals surface area (Å²) in [7, 11) is 0. The van der Waals surface area contributed by atoms with Crippen LogP contribution < -0.4 is 4.74 Å². The molecule has 7 nitrogen and oxygen atoms in total. The lowest BCUT2D eigenvalue weighted by atomic mass is 10.2. The molecule has 1 saturated heterocycles. The van der Waals surface area contributed by atoms with E-state index in [0.717, 1.165) is 16.3 Å². The van der Waals surface area contributed by atoms with E-state index in [4.69, 9.17) is 14.2 Å². The second kappa shape index (κ2) is 9.66. The summed E-state index contributed by atoms with van der Waals surface area (Å²) in [4.78, 5) is 30.4. The molecule has 1 aromatic heterocycles. The SMILES string of the molecule is CCOc1ccccc1-c1nc(CC(=O)OCC(=O)N2CCOC(C)C2)cs1. The van der Waals surface area contributed by atoms with Crippen LogP contribution in [0.25, 0.3) is 10.6 Å². The minimum Gasteiger partial charge on any atom is -0.493 e. The van der Waals surface area contributed by atoms with E-state index in [-0.39, 0.29) is 25.0 Å². The van der Waals surface area contributed by atoms with Crippen molar-refractivity contribution < 1.29 is 23.8 Å². The zero-order valence-corrected chi connectivity index (χ0v) is 16.9. The zero-order chi connectivity index (χ0) is 19.9. The number of thiazole rings is 1. The molecular formula is C20H24N2O5S. The Morgan fingerprint density at radius 2 is 2.18 bits per heavy atom. The highest BCUT2D eigenvalue weighted by atomic mass is 32.1. The molecule has 0 N–H and O–H groups in total. The van der Waals surface area contributed by atoms with Gasteiger partial charge in [-0.2, -0.15) is 0 Å². The van der Waals surface area contributed by atoms with Crippen LogP contribution >= 0.6 is 11.3 Å². The number of ether oxygens (including phenoxy) is 3. The van der Waals surface area contributed by atoms with Crippen LogP contribution in [0.3, 0.4) is 0 Å². The molecular weight excluding hydrogens is 380 g/mol. The fourth-order valence-electron chi connectivity index (χ4n) is 2.91. The number of para-hydroxylation sites is 1. The molecule has 0 aliphatic carbocycles. The van der Waals surface area contributed by atoms with Crippen LogP contribution in [0.5, 0.6) is 5.75 Å². The Bertz CT molecular complexity index is 822. The van der Waals surface area contributed by atoms with Gasteiger partial charge in [-0.25, -0.2) is 4.98 Å². The van der Waals surface area contributed by atoms with Crippen LogP contribution in [0.1, 0.15) is 19.5 Å². The van der Waals surface area contributed by atoms with Gasteiger partial charge in [0.15, 0.2) is 6.61 Å². The molecule has 1 fully saturated rings. The van der Waals surface area contributed by atoms with Crippen molar-refractivity contribution in [1.29, 1.82) is 0 Å². The first-order chi connectivity index (χ1) is 13.6. The van der Waals surface area contributed by atoms with Crippen LogP contribution in [0.4, 0.5) is 0 Å². The topological polar surface area (TPSA) is 78.0 Å². The van der Waals surface area contributed by atoms with Crippen molar-refractivity contribution in [2.75, 3.05) is 32.9 Å². The highest BCUT2D eigenvalue weighted by Crippen LogP contribution is 2.32. The van der Waals surface area contributed by atoms with Crippen LogP contribution in [0, 0.1) is 0 Å². The maximum absolute atomic E-state index is 12.2. The third-order valence-corrected chi connectivity index (χ3v) is 5.17. The molecule has 1 aliphatic heterocycles. The van der Waals surface area contributed by atoms with E-state index >= 15 is 0 Å². The van der Waals surface area contributed by atoms with Crippen LogP contribution in [-0.4, -0.2) is 60.8 Å². The molecule has 2 heterocycles. The molecule has 0 radical (unpaired) electrons. The first-order valence-electron chi connectivity index (χ1n) is 9.28. The van der Waals surface area contributed by atoms with E-state index in [9.17, 15) is 9.59 Å². The van der Waals surface area contributed by atoms with E-state index in [1.54, 1.807) is 4.90 Å². The summed E-state index contributed by atoms with van der Waals surface area (Å²) >= 11 is 1.44. The molecule has 1 unspecified atom stereocenters. The summed E-state index contributed by atoms with van der Waals surface area (Å²) in [6.45, 7) is 5.70. The largest absolute Gasteiger partial charge is 0.493 e. The molecule has 28 heavy (non-hydrogen) atoms. The van der Waals surface area contributed by atoms with Gasteiger partial charge in [0.2, 0.25) is 0 Å². The standard InChI is InChI=1S/C20H24N2O5S/c1-3-25-17-7-5-4-6-16(17)20-21-15(13-28-20)10-19(24)27-12-18(23)22-8-9-26-14(2)11-22/h4-7,13-14H,3,8-12H2,1-2H3. The minimum atomic E-state index is -0.468. The molecule has 0 bridgehead atoms. The minimum absolute atomic E-state index is 0.00129. The molecule has 150 valence electrons. The van der Waals surface area contributed by atoms with Gasteiger partial charge in [-0.15, -0.1) is 11.3 Å². The van der Waals surface area contributed by atoms with Gasteiger partial charge in [0.25, 0.3) is 5.91 Å². The Kier molecular flexibility index (Phi) is 7.00. The van der Waals surface area contributed by atoms with Gasteiger partial charge in [-0.3, -0.25) is 9.59 Å². The molecule has 3 rings (SSSR count). The van der Waals surface area contributed by atoms with Gasteiger partial charge in [-0.05, 0) is 26.0 Å². The van der Waals surface area contributed by atoms with Crippen LogP contribution in [0.15, 0.2) is 29.6 Å². The summed E-state index contributed by atoms with van der Waals surface area (Å²) in [6, 6.07) is 7.66. The first-order valence-corrected chi connectivity index (χ1v) is 10.2. The first kappa shape index (κ1) is 20.3. The lowest BCUT2D eigenvalue weighted by Gasteiger charge is -2.30. The van der Waals surface area contributed by atoms with E-state index in [1.165, 1.54) is 11.3 Å². The highest BCUT2D eigenvalue weighted by Gasteiger charge is 2.22. The predicted molar refractivity (Wildman–Crippen MR) is 105 cm³/mol. The van der Waals surface area contributed by atoms with Crippen LogP contribution in [-0.2, 0) is 25.5 Å². The second-order valence-electron chi connectivity index (χ2n) is 6.43. The zero-order valence-electron chi connectivity index (χ0n) is 16.1. The van der Waals surface area contributed by atoms with Crippen molar-refractivity contribution in [3.05, 3.63) is 35.3 Å². The van der Waals surface area contributed by atoms with Gasteiger partial charge in [-0.1, -0.05) is 12.1 Å². The van der Waals surface area contributed by atoms with Gasteiger partial charge in [0.05, 0.1) is 37.0 Å². The maximum Gasteiger partial charge on any atom is 0.312 e. The van der Waals surface area contributed by atoms with Gasteiger partial charge in [0, 0.05) is 18.5 Å². The van der Waals surface area contributed by atoms with Crippen molar-refractivity contribution in [2.24, 2.45) is 0 Å². The van der Waals surface area contributed by atoms with Crippen molar-refractivity contribution in [2.45, 2.75) is 26.4 Å². The summed E-state index contributed by atoms with van der Waals surface area (Å²) in [5.74, 6) is 0.0940. The second-order valence-corrected chi connectivity index (χ2v) is 7.29. The van der Waals surface area contributed by atoms with Gasteiger partial charge >= 0.3 is 5.97 Å². The maximum atomic E-state index is 12.2. The van der Waals surface area contributed by atoms with Crippen molar-refractivity contribution in [1.82, 2.24) is 9.88 Å². The normalized spacial score (nSPS) is 16.6. The Balaban J connectivity index is 1.53. The highest BCUT2D eigenvalue weighted by molar-refractivity contribution is 7.13. The number of nitrogens with zero attached hydrogens (tertiary/aromatic N) is 2. The molecule has 8 heteroatoms. The number of amides is 1. The molecule has 0 saturated carbocycles. The summed E-state index contributed by atoms with van der Waals surface area (Å²) in [5, 5.41) is 2.61. The number of hydrogen-bond acceptors (Lipinski definition) is 7. The lowest BCUT2D eigenvalue weighted by molar-refractivity contribution is -0.154. The molecule has 1 amide bonds. The Labute approximate surface area is 168 Å². The fraction of sp³-hybridized carbons (Fsp3) is 0.450. The number of hydrogen-bond donors (Lipinski definition) is 0. The number of esters is 1. The van der Waals surface area contributed by atoms with E-state index in [2.05, 4.69) is 4.98 Å². The monoisotopic (exact) mass is 404 g/mol. The Hall–Kier alpha value is -2.45. The van der Waals surface area contributed by atoms with Gasteiger partial charge < -0.3 is 19.1 Å². The lowest BCUT2D eigenvalue weighted by Crippen LogP contribution is -2.46. The molecule has 0 spiro atoms. The van der Waals surface area contributed by atoms with Crippen molar-refractivity contribution in [3.8, 4) is 16.3 Å². The molecule has 1 aromatic carbocycles. The molecule has 1 aliphatic rings. The number of rotatable bonds is 7. The molecule has 2 aromatic rings. The quantitative estimate of drug-likeness (QED) is 0.660. The number of aromatic nitrogens is 1. The third-order valence-electron chi connectivity index (χ3n) is 4.24. The number of morpholine rings is 1. The molecule has 1 atom stereocenters. The average Bonchev–Trinajstić information content (AvgIpc) is 3.15. The number of benzene rings is 1. The Morgan fingerprint density at radius 3 is 2.96 bits per heavy atom. The van der Waals surface area contributed by atoms with Crippen LogP contribution in [0.2, 0.25) is 0 Å². The summed E-state index contributed by atoms with van der Waals surface area (Å²) in [6.07, 6.45) is 0.0292. The van der Waals surface area contributed by atoms with Crippen molar-refractivity contribution in [3.63, 3.8) is 0 Å². The Morgan fingerprint density at radius 1 is 1.36 bits per heavy atom. The van der Waals surface area contributed by atoms with E-state index < -0.39 is 5.97 Å². The average molecular weight is 404 g/mol. The summed E-state index contributed by atoms with van der Waals surface area (Å²) in [5.41, 5.74) is 1.51. The van der Waals surface area contributed by atoms with Gasteiger partial charge in [0.1, 0.15) is 10.8 Å². The summed E-state index contributed by atoms with van der Waals surface area (Å²) < 4.78 is 16.2. The third kappa shape index (κ3) is 5.30. The van der Waals surface area contributed by atoms with Crippen molar-refractivity contribution >= 4 is 23.2 Å². The smallest absolute Gasteiger partial charge is 0.312 e.